The van der Waals surface area contributed by atoms with Crippen molar-refractivity contribution in [1.82, 2.24) is 5.01 Å². The van der Waals surface area contributed by atoms with Gasteiger partial charge in [0, 0.05) is 0 Å². The molecule has 0 saturated heterocycles. The largest absolute Gasteiger partial charge is 0.268 e. The number of hydrogen-bond donors (Lipinski definition) is 0. The molecule has 1 aliphatic heterocycles. The van der Waals surface area contributed by atoms with Crippen LogP contribution in [0.1, 0.15) is 0 Å². The summed E-state index contributed by atoms with van der Waals surface area (Å²) >= 11 is 5.41. The highest BCUT2D eigenvalue weighted by Crippen LogP contribution is 2.02. The Hall–Kier alpha value is -0.640. The zero-order chi connectivity index (χ0) is 6.69. The number of alkyl halides is 1. The van der Waals surface area contributed by atoms with Crippen LogP contribution < -0.4 is 0 Å². The van der Waals surface area contributed by atoms with E-state index in [-0.39, 0.29) is 5.88 Å². The zero-order valence-corrected chi connectivity index (χ0v) is 5.51. The molecule has 0 N–H and O–H groups in total. The minimum absolute atomic E-state index is 0.270. The predicted molar refractivity (Wildman–Crippen MR) is 35.5 cm³/mol. The molecule has 5 heteroatoms. The lowest BCUT2D eigenvalue weighted by Gasteiger charge is -2.04. The lowest BCUT2D eigenvalue weighted by Crippen LogP contribution is -2.21. The molecule has 4 nitrogen and oxygen atoms in total. The number of hydrogen-bond acceptors (Lipinski definition) is 3. The molecule has 0 aliphatic carbocycles. The summed E-state index contributed by atoms with van der Waals surface area (Å²) in [6, 6.07) is 0. The van der Waals surface area contributed by atoms with Crippen molar-refractivity contribution in [1.29, 1.82) is 0 Å². The summed E-state index contributed by atoms with van der Waals surface area (Å²) in [6.45, 7) is 1.21. The van der Waals surface area contributed by atoms with Crippen molar-refractivity contribution in [3.63, 3.8) is 0 Å². The van der Waals surface area contributed by atoms with Gasteiger partial charge in [0.25, 0.3) is 0 Å². The Morgan fingerprint density at radius 2 is 2.67 bits per heavy atom. The third-order valence-electron chi connectivity index (χ3n) is 1.12. The van der Waals surface area contributed by atoms with Gasteiger partial charge in [0.05, 0.1) is 24.3 Å². The standard InChI is InChI=1S/C4H6ClN3O/c5-3-4-6-1-2-8(4)7-9/h1-3H2. The second-order valence-electron chi connectivity index (χ2n) is 1.64. The minimum atomic E-state index is 0.270. The summed E-state index contributed by atoms with van der Waals surface area (Å²) in [5.74, 6) is 0.845. The zero-order valence-electron chi connectivity index (χ0n) is 4.75. The van der Waals surface area contributed by atoms with Gasteiger partial charge < -0.3 is 0 Å². The molecule has 1 rings (SSSR count). The molecular formula is C4H6ClN3O. The van der Waals surface area contributed by atoms with Gasteiger partial charge in [-0.15, -0.1) is 16.5 Å². The number of amidine groups is 1. The van der Waals surface area contributed by atoms with E-state index in [4.69, 9.17) is 11.6 Å². The highest BCUT2D eigenvalue weighted by Gasteiger charge is 2.14. The van der Waals surface area contributed by atoms with E-state index in [9.17, 15) is 4.91 Å². The molecule has 9 heavy (non-hydrogen) atoms. The molecule has 0 bridgehead atoms. The Balaban J connectivity index is 2.56. The second-order valence-corrected chi connectivity index (χ2v) is 1.90. The Bertz CT molecular complexity index is 147. The lowest BCUT2D eigenvalue weighted by molar-refractivity contribution is 0.481. The van der Waals surface area contributed by atoms with Crippen LogP contribution in [-0.4, -0.2) is 29.8 Å². The van der Waals surface area contributed by atoms with E-state index >= 15 is 0 Å². The van der Waals surface area contributed by atoms with Crippen LogP contribution in [0, 0.1) is 4.91 Å². The molecule has 0 aromatic heterocycles. The SMILES string of the molecule is O=NN1CCN=C1CCl. The van der Waals surface area contributed by atoms with Crippen molar-refractivity contribution >= 4 is 17.4 Å². The van der Waals surface area contributed by atoms with Crippen molar-refractivity contribution < 1.29 is 0 Å². The molecule has 0 fully saturated rings. The fraction of sp³-hybridized carbons (Fsp3) is 0.750. The van der Waals surface area contributed by atoms with Gasteiger partial charge in [-0.25, -0.2) is 5.01 Å². The van der Waals surface area contributed by atoms with Gasteiger partial charge >= 0.3 is 0 Å². The normalized spacial score (nSPS) is 17.9. The Morgan fingerprint density at radius 1 is 1.89 bits per heavy atom. The average molecular weight is 148 g/mol. The third-order valence-corrected chi connectivity index (χ3v) is 1.36. The molecular weight excluding hydrogens is 142 g/mol. The molecule has 0 atom stereocenters. The van der Waals surface area contributed by atoms with Gasteiger partial charge in [-0.3, -0.25) is 4.99 Å². The first-order chi connectivity index (χ1) is 4.38. The Kier molecular flexibility index (Phi) is 2.00. The van der Waals surface area contributed by atoms with Crippen LogP contribution in [-0.2, 0) is 0 Å². The van der Waals surface area contributed by atoms with Crippen LogP contribution in [0.5, 0.6) is 0 Å². The van der Waals surface area contributed by atoms with E-state index in [1.165, 1.54) is 5.01 Å². The van der Waals surface area contributed by atoms with E-state index in [0.717, 1.165) is 0 Å². The number of halogens is 1. The maximum absolute atomic E-state index is 9.91. The quantitative estimate of drug-likeness (QED) is 0.425. The third kappa shape index (κ3) is 1.18. The molecule has 1 heterocycles. The van der Waals surface area contributed by atoms with Gasteiger partial charge in [0.15, 0.2) is 0 Å². The molecule has 0 amide bonds. The Morgan fingerprint density at radius 3 is 3.11 bits per heavy atom. The summed E-state index contributed by atoms with van der Waals surface area (Å²) in [4.78, 5) is 13.8. The highest BCUT2D eigenvalue weighted by molar-refractivity contribution is 6.28. The maximum atomic E-state index is 9.91. The van der Waals surface area contributed by atoms with E-state index in [1.807, 2.05) is 0 Å². The molecule has 1 aliphatic rings. The van der Waals surface area contributed by atoms with Crippen LogP contribution >= 0.6 is 11.6 Å². The van der Waals surface area contributed by atoms with Crippen molar-refractivity contribution in [3.05, 3.63) is 4.91 Å². The van der Waals surface area contributed by atoms with Crippen molar-refractivity contribution in [2.24, 2.45) is 10.3 Å². The fourth-order valence-corrected chi connectivity index (χ4v) is 0.906. The minimum Gasteiger partial charge on any atom is -0.268 e. The van der Waals surface area contributed by atoms with Gasteiger partial charge in [-0.2, -0.15) is 0 Å². The monoisotopic (exact) mass is 147 g/mol. The van der Waals surface area contributed by atoms with E-state index in [0.29, 0.717) is 18.9 Å². The molecule has 50 valence electrons. The smallest absolute Gasteiger partial charge is 0.138 e. The first kappa shape index (κ1) is 6.48. The van der Waals surface area contributed by atoms with Crippen LogP contribution in [0.4, 0.5) is 0 Å². The maximum Gasteiger partial charge on any atom is 0.138 e. The second kappa shape index (κ2) is 2.77. The van der Waals surface area contributed by atoms with Crippen LogP contribution in [0.25, 0.3) is 0 Å². The first-order valence-corrected chi connectivity index (χ1v) is 3.12. The first-order valence-electron chi connectivity index (χ1n) is 2.58. The van der Waals surface area contributed by atoms with Gasteiger partial charge in [-0.05, 0) is 0 Å². The molecule has 0 aromatic rings. The van der Waals surface area contributed by atoms with Gasteiger partial charge in [-0.1, -0.05) is 0 Å². The number of rotatable bonds is 2. The summed E-state index contributed by atoms with van der Waals surface area (Å²) in [7, 11) is 0. The summed E-state index contributed by atoms with van der Waals surface area (Å²) in [6.07, 6.45) is 0. The molecule has 0 aromatic carbocycles. The molecule has 0 radical (unpaired) electrons. The number of nitrogens with zero attached hydrogens (tertiary/aromatic N) is 3. The fourth-order valence-electron chi connectivity index (χ4n) is 0.684. The van der Waals surface area contributed by atoms with Crippen molar-refractivity contribution in [3.8, 4) is 0 Å². The van der Waals surface area contributed by atoms with Gasteiger partial charge in [0.1, 0.15) is 5.84 Å². The topological polar surface area (TPSA) is 45.0 Å². The molecule has 0 unspecified atom stereocenters. The van der Waals surface area contributed by atoms with E-state index in [2.05, 4.69) is 10.3 Å². The summed E-state index contributed by atoms with van der Waals surface area (Å²) in [5, 5.41) is 3.98. The van der Waals surface area contributed by atoms with E-state index in [1.54, 1.807) is 0 Å². The van der Waals surface area contributed by atoms with Crippen LogP contribution in [0.15, 0.2) is 10.3 Å². The summed E-state index contributed by atoms with van der Waals surface area (Å²) in [5.41, 5.74) is 0. The van der Waals surface area contributed by atoms with Gasteiger partial charge in [0.2, 0.25) is 0 Å². The van der Waals surface area contributed by atoms with Crippen LogP contribution in [0.2, 0.25) is 0 Å². The van der Waals surface area contributed by atoms with Crippen molar-refractivity contribution in [2.45, 2.75) is 0 Å². The highest BCUT2D eigenvalue weighted by atomic mass is 35.5. The Labute approximate surface area is 57.5 Å². The van der Waals surface area contributed by atoms with Crippen LogP contribution in [0.3, 0.4) is 0 Å². The van der Waals surface area contributed by atoms with E-state index < -0.39 is 0 Å². The predicted octanol–water partition coefficient (Wildman–Crippen LogP) is 0.621. The lowest BCUT2D eigenvalue weighted by atomic mass is 10.6. The number of aliphatic imine (C=N–C) groups is 1. The van der Waals surface area contributed by atoms with Crippen molar-refractivity contribution in [2.75, 3.05) is 19.0 Å². The average Bonchev–Trinajstić information content (AvgIpc) is 2.33. The summed E-state index contributed by atoms with van der Waals surface area (Å²) < 4.78 is 0. The number of nitroso groups, excluding NO2 is 1. The molecule has 0 saturated carbocycles. The molecule has 0 spiro atoms.